The molecule has 0 spiro atoms. The molecule has 4 N–H and O–H groups in total. The fourth-order valence-corrected chi connectivity index (χ4v) is 1.59. The third-order valence-electron chi connectivity index (χ3n) is 3.08. The molecule has 120 valence electrons. The van der Waals surface area contributed by atoms with Gasteiger partial charge in [0.1, 0.15) is 0 Å². The van der Waals surface area contributed by atoms with Gasteiger partial charge in [0, 0.05) is 18.7 Å². The van der Waals surface area contributed by atoms with Crippen LogP contribution >= 0.6 is 0 Å². The second-order valence-electron chi connectivity index (χ2n) is 5.19. The van der Waals surface area contributed by atoms with Gasteiger partial charge in [-0.25, -0.2) is 0 Å². The number of benzene rings is 1. The molecule has 1 atom stereocenters. The Labute approximate surface area is 128 Å². The lowest BCUT2D eigenvalue weighted by atomic mass is 10.1. The Morgan fingerprint density at radius 3 is 2.32 bits per heavy atom. The van der Waals surface area contributed by atoms with Crippen molar-refractivity contribution in [3.63, 3.8) is 0 Å². The van der Waals surface area contributed by atoms with Crippen LogP contribution in [-0.2, 0) is 16.1 Å². The molecule has 1 aromatic carbocycles. The highest BCUT2D eigenvalue weighted by Crippen LogP contribution is 2.11. The van der Waals surface area contributed by atoms with E-state index in [-0.39, 0.29) is 36.5 Å². The maximum absolute atomic E-state index is 11.6. The number of hydrogen-bond donors (Lipinski definition) is 3. The van der Waals surface area contributed by atoms with Crippen LogP contribution < -0.4 is 16.4 Å². The van der Waals surface area contributed by atoms with Crippen LogP contribution in [0.3, 0.4) is 0 Å². The Bertz CT molecular complexity index is 542. The number of amides is 2. The molecule has 0 fully saturated rings. The van der Waals surface area contributed by atoms with Gasteiger partial charge in [0.2, 0.25) is 11.8 Å². The van der Waals surface area contributed by atoms with Crippen molar-refractivity contribution >= 4 is 17.5 Å². The summed E-state index contributed by atoms with van der Waals surface area (Å²) in [5, 5.41) is 15.6. The first-order chi connectivity index (χ1) is 10.3. The molecule has 8 heteroatoms. The van der Waals surface area contributed by atoms with Crippen molar-refractivity contribution in [2.45, 2.75) is 26.4 Å². The van der Waals surface area contributed by atoms with E-state index in [1.165, 1.54) is 12.1 Å². The van der Waals surface area contributed by atoms with Crippen molar-refractivity contribution in [1.82, 2.24) is 10.6 Å². The Balaban J connectivity index is 2.37. The molecule has 0 aliphatic carbocycles. The van der Waals surface area contributed by atoms with Crippen LogP contribution in [-0.4, -0.2) is 29.3 Å². The molecule has 0 heterocycles. The SMILES string of the molecule is CC(C)[C@H](N)C(=O)NCC(=O)NCc1ccc([N+](=O)[O-])cc1. The van der Waals surface area contributed by atoms with Gasteiger partial charge in [0.25, 0.3) is 5.69 Å². The van der Waals surface area contributed by atoms with E-state index in [0.29, 0.717) is 0 Å². The van der Waals surface area contributed by atoms with E-state index in [2.05, 4.69) is 10.6 Å². The number of carbonyl (C=O) groups is 2. The number of nitrogens with zero attached hydrogens (tertiary/aromatic N) is 1. The van der Waals surface area contributed by atoms with Crippen molar-refractivity contribution in [3.8, 4) is 0 Å². The van der Waals surface area contributed by atoms with E-state index >= 15 is 0 Å². The third kappa shape index (κ3) is 5.49. The molecule has 0 aromatic heterocycles. The Morgan fingerprint density at radius 2 is 1.82 bits per heavy atom. The molecule has 8 nitrogen and oxygen atoms in total. The fourth-order valence-electron chi connectivity index (χ4n) is 1.59. The molecule has 1 rings (SSSR count). The number of rotatable bonds is 7. The molecule has 0 unspecified atom stereocenters. The summed E-state index contributed by atoms with van der Waals surface area (Å²) >= 11 is 0. The summed E-state index contributed by atoms with van der Waals surface area (Å²) in [6, 6.07) is 5.20. The maximum Gasteiger partial charge on any atom is 0.269 e. The number of nitrogens with two attached hydrogens (primary N) is 1. The predicted octanol–water partition coefficient (Wildman–Crippen LogP) is 0.311. The average Bonchev–Trinajstić information content (AvgIpc) is 2.49. The minimum Gasteiger partial charge on any atom is -0.350 e. The largest absolute Gasteiger partial charge is 0.350 e. The smallest absolute Gasteiger partial charge is 0.269 e. The predicted molar refractivity (Wildman–Crippen MR) is 80.8 cm³/mol. The Kier molecular flexibility index (Phi) is 6.46. The zero-order valence-corrected chi connectivity index (χ0v) is 12.5. The highest BCUT2D eigenvalue weighted by Gasteiger charge is 2.17. The molecule has 0 saturated carbocycles. The summed E-state index contributed by atoms with van der Waals surface area (Å²) < 4.78 is 0. The monoisotopic (exact) mass is 308 g/mol. The van der Waals surface area contributed by atoms with Gasteiger partial charge in [-0.05, 0) is 11.5 Å². The zero-order chi connectivity index (χ0) is 16.7. The summed E-state index contributed by atoms with van der Waals surface area (Å²) in [5.41, 5.74) is 6.37. The minimum absolute atomic E-state index is 0.00925. The first-order valence-electron chi connectivity index (χ1n) is 6.84. The van der Waals surface area contributed by atoms with E-state index in [1.807, 2.05) is 13.8 Å². The molecular formula is C14H20N4O4. The zero-order valence-electron chi connectivity index (χ0n) is 12.5. The minimum atomic E-state index is -0.650. The lowest BCUT2D eigenvalue weighted by Crippen LogP contribution is -2.47. The Morgan fingerprint density at radius 1 is 1.23 bits per heavy atom. The van der Waals surface area contributed by atoms with Crippen LogP contribution in [0, 0.1) is 16.0 Å². The van der Waals surface area contributed by atoms with Crippen molar-refractivity contribution in [1.29, 1.82) is 0 Å². The molecule has 0 aliphatic heterocycles. The summed E-state index contributed by atoms with van der Waals surface area (Å²) in [6.45, 7) is 3.70. The highest BCUT2D eigenvalue weighted by atomic mass is 16.6. The lowest BCUT2D eigenvalue weighted by Gasteiger charge is -2.15. The third-order valence-corrected chi connectivity index (χ3v) is 3.08. The molecular weight excluding hydrogens is 288 g/mol. The number of hydrogen-bond acceptors (Lipinski definition) is 5. The molecule has 0 bridgehead atoms. The molecule has 2 amide bonds. The lowest BCUT2D eigenvalue weighted by molar-refractivity contribution is -0.384. The fraction of sp³-hybridized carbons (Fsp3) is 0.429. The molecule has 0 radical (unpaired) electrons. The van der Waals surface area contributed by atoms with Crippen molar-refractivity contribution in [3.05, 3.63) is 39.9 Å². The number of nitro groups is 1. The van der Waals surface area contributed by atoms with E-state index < -0.39 is 11.0 Å². The first kappa shape index (κ1) is 17.6. The summed E-state index contributed by atoms with van der Waals surface area (Å²) in [6.07, 6.45) is 0. The van der Waals surface area contributed by atoms with Gasteiger partial charge in [-0.1, -0.05) is 26.0 Å². The maximum atomic E-state index is 11.6. The first-order valence-corrected chi connectivity index (χ1v) is 6.84. The standard InChI is InChI=1S/C14H20N4O4/c1-9(2)13(15)14(20)17-8-12(19)16-7-10-3-5-11(6-4-10)18(21)22/h3-6,9,13H,7-8,15H2,1-2H3,(H,16,19)(H,17,20)/t13-/m0/s1. The van der Waals surface area contributed by atoms with E-state index in [4.69, 9.17) is 5.73 Å². The van der Waals surface area contributed by atoms with Gasteiger partial charge in [-0.3, -0.25) is 19.7 Å². The van der Waals surface area contributed by atoms with Crippen molar-refractivity contribution < 1.29 is 14.5 Å². The van der Waals surface area contributed by atoms with E-state index in [1.54, 1.807) is 12.1 Å². The number of nitro benzene ring substituents is 1. The van der Waals surface area contributed by atoms with Gasteiger partial charge >= 0.3 is 0 Å². The van der Waals surface area contributed by atoms with Crippen LogP contribution in [0.1, 0.15) is 19.4 Å². The molecule has 0 aliphatic rings. The topological polar surface area (TPSA) is 127 Å². The molecule has 22 heavy (non-hydrogen) atoms. The highest BCUT2D eigenvalue weighted by molar-refractivity contribution is 5.87. The van der Waals surface area contributed by atoms with E-state index in [0.717, 1.165) is 5.56 Å². The summed E-state index contributed by atoms with van der Waals surface area (Å²) in [5.74, 6) is -0.744. The van der Waals surface area contributed by atoms with Crippen LogP contribution in [0.2, 0.25) is 0 Å². The van der Waals surface area contributed by atoms with Gasteiger partial charge in [-0.15, -0.1) is 0 Å². The molecule has 1 aromatic rings. The van der Waals surface area contributed by atoms with Gasteiger partial charge < -0.3 is 16.4 Å². The van der Waals surface area contributed by atoms with Gasteiger partial charge in [0.15, 0.2) is 0 Å². The quantitative estimate of drug-likeness (QED) is 0.493. The second-order valence-corrected chi connectivity index (χ2v) is 5.19. The summed E-state index contributed by atoms with van der Waals surface area (Å²) in [4.78, 5) is 33.2. The van der Waals surface area contributed by atoms with Crippen molar-refractivity contribution in [2.75, 3.05) is 6.54 Å². The van der Waals surface area contributed by atoms with E-state index in [9.17, 15) is 19.7 Å². The number of non-ortho nitro benzene ring substituents is 1. The van der Waals surface area contributed by atoms with Crippen LogP contribution in [0.15, 0.2) is 24.3 Å². The average molecular weight is 308 g/mol. The van der Waals surface area contributed by atoms with Gasteiger partial charge in [-0.2, -0.15) is 0 Å². The van der Waals surface area contributed by atoms with Crippen molar-refractivity contribution in [2.24, 2.45) is 11.7 Å². The Hall–Kier alpha value is -2.48. The van der Waals surface area contributed by atoms with Gasteiger partial charge in [0.05, 0.1) is 17.5 Å². The second kappa shape index (κ2) is 8.08. The normalized spacial score (nSPS) is 11.8. The number of carbonyl (C=O) groups excluding carboxylic acids is 2. The van der Waals surface area contributed by atoms with Crippen LogP contribution in [0.4, 0.5) is 5.69 Å². The van der Waals surface area contributed by atoms with Crippen LogP contribution in [0.25, 0.3) is 0 Å². The van der Waals surface area contributed by atoms with Crippen LogP contribution in [0.5, 0.6) is 0 Å². The number of nitrogens with one attached hydrogen (secondary N) is 2. The summed E-state index contributed by atoms with van der Waals surface area (Å²) in [7, 11) is 0. The molecule has 0 saturated heterocycles.